The zero-order valence-electron chi connectivity index (χ0n) is 7.19. The molecule has 0 bridgehead atoms. The molecule has 4 nitrogen and oxygen atoms in total. The Balaban J connectivity index is 2.93. The van der Waals surface area contributed by atoms with E-state index in [4.69, 9.17) is 0 Å². The summed E-state index contributed by atoms with van der Waals surface area (Å²) in [5.41, 5.74) is 0.538. The zero-order chi connectivity index (χ0) is 8.97. The average Bonchev–Trinajstić information content (AvgIpc) is 2.51. The second kappa shape index (κ2) is 3.80. The van der Waals surface area contributed by atoms with E-state index < -0.39 is 0 Å². The molecule has 0 unspecified atom stereocenters. The van der Waals surface area contributed by atoms with E-state index >= 15 is 0 Å². The SMILES string of the molecule is C/C=C/C(=O)c1cnnn1CC. The Hall–Kier alpha value is -1.45. The van der Waals surface area contributed by atoms with Crippen molar-refractivity contribution in [3.8, 4) is 0 Å². The van der Waals surface area contributed by atoms with Crippen molar-refractivity contribution in [3.63, 3.8) is 0 Å². The molecule has 0 radical (unpaired) electrons. The Bertz CT molecular complexity index is 301. The quantitative estimate of drug-likeness (QED) is 0.497. The fourth-order valence-corrected chi connectivity index (χ4v) is 0.919. The summed E-state index contributed by atoms with van der Waals surface area (Å²) in [5, 5.41) is 7.40. The lowest BCUT2D eigenvalue weighted by molar-refractivity contribution is 0.103. The first kappa shape index (κ1) is 8.64. The van der Waals surface area contributed by atoms with Gasteiger partial charge in [-0.1, -0.05) is 11.3 Å². The number of hydrogen-bond acceptors (Lipinski definition) is 3. The Morgan fingerprint density at radius 2 is 2.50 bits per heavy atom. The third kappa shape index (κ3) is 1.58. The summed E-state index contributed by atoms with van der Waals surface area (Å²) in [7, 11) is 0. The number of nitrogens with zero attached hydrogens (tertiary/aromatic N) is 3. The molecule has 64 valence electrons. The van der Waals surface area contributed by atoms with Crippen LogP contribution in [0.1, 0.15) is 24.3 Å². The van der Waals surface area contributed by atoms with Gasteiger partial charge in [-0.25, -0.2) is 4.68 Å². The molecule has 0 N–H and O–H groups in total. The number of aromatic nitrogens is 3. The largest absolute Gasteiger partial charge is 0.288 e. The predicted molar refractivity (Wildman–Crippen MR) is 44.8 cm³/mol. The van der Waals surface area contributed by atoms with Gasteiger partial charge < -0.3 is 0 Å². The van der Waals surface area contributed by atoms with Crippen molar-refractivity contribution in [1.29, 1.82) is 0 Å². The Morgan fingerprint density at radius 1 is 1.75 bits per heavy atom. The van der Waals surface area contributed by atoms with Crippen LogP contribution in [0.2, 0.25) is 0 Å². The van der Waals surface area contributed by atoms with E-state index in [1.165, 1.54) is 12.3 Å². The molecule has 1 aromatic rings. The van der Waals surface area contributed by atoms with Crippen molar-refractivity contribution in [2.45, 2.75) is 20.4 Å². The summed E-state index contributed by atoms with van der Waals surface area (Å²) in [6, 6.07) is 0. The average molecular weight is 165 g/mol. The summed E-state index contributed by atoms with van der Waals surface area (Å²) in [6.45, 7) is 4.39. The third-order valence-corrected chi connectivity index (χ3v) is 1.49. The van der Waals surface area contributed by atoms with E-state index in [0.29, 0.717) is 12.2 Å². The molecule has 1 heterocycles. The van der Waals surface area contributed by atoms with Gasteiger partial charge in [-0.3, -0.25) is 4.79 Å². The first-order valence-electron chi connectivity index (χ1n) is 3.85. The van der Waals surface area contributed by atoms with E-state index in [0.717, 1.165) is 0 Å². The van der Waals surface area contributed by atoms with Gasteiger partial charge >= 0.3 is 0 Å². The van der Waals surface area contributed by atoms with Gasteiger partial charge in [0.2, 0.25) is 5.78 Å². The topological polar surface area (TPSA) is 47.8 Å². The van der Waals surface area contributed by atoms with E-state index in [-0.39, 0.29) is 5.78 Å². The molecule has 0 saturated heterocycles. The van der Waals surface area contributed by atoms with Crippen molar-refractivity contribution >= 4 is 5.78 Å². The van der Waals surface area contributed by atoms with Crippen molar-refractivity contribution in [3.05, 3.63) is 24.0 Å². The van der Waals surface area contributed by atoms with Crippen LogP contribution in [-0.2, 0) is 6.54 Å². The lowest BCUT2D eigenvalue weighted by Crippen LogP contribution is -2.07. The molecule has 0 atom stereocenters. The molecule has 0 saturated carbocycles. The van der Waals surface area contributed by atoms with Gasteiger partial charge in [0.05, 0.1) is 6.20 Å². The normalized spacial score (nSPS) is 10.8. The molecule has 0 fully saturated rings. The van der Waals surface area contributed by atoms with Gasteiger partial charge in [-0.15, -0.1) is 5.10 Å². The highest BCUT2D eigenvalue weighted by Crippen LogP contribution is 1.98. The number of carbonyl (C=O) groups is 1. The molecule has 0 spiro atoms. The van der Waals surface area contributed by atoms with Crippen LogP contribution >= 0.6 is 0 Å². The second-order valence-electron chi connectivity index (χ2n) is 2.30. The molecular weight excluding hydrogens is 154 g/mol. The Labute approximate surface area is 70.9 Å². The highest BCUT2D eigenvalue weighted by molar-refractivity contribution is 6.02. The van der Waals surface area contributed by atoms with Crippen LogP contribution < -0.4 is 0 Å². The maximum absolute atomic E-state index is 11.3. The van der Waals surface area contributed by atoms with Gasteiger partial charge in [0, 0.05) is 6.54 Å². The molecule has 0 amide bonds. The molecule has 12 heavy (non-hydrogen) atoms. The standard InChI is InChI=1S/C8H11N3O/c1-3-5-8(12)7-6-9-10-11(7)4-2/h3,5-6H,4H2,1-2H3/b5-3+. The molecule has 4 heteroatoms. The van der Waals surface area contributed by atoms with Crippen LogP contribution in [0.3, 0.4) is 0 Å². The lowest BCUT2D eigenvalue weighted by atomic mass is 10.3. The molecule has 0 aromatic carbocycles. The van der Waals surface area contributed by atoms with E-state index in [9.17, 15) is 4.79 Å². The fraction of sp³-hybridized carbons (Fsp3) is 0.375. The highest BCUT2D eigenvalue weighted by Gasteiger charge is 2.07. The Kier molecular flexibility index (Phi) is 2.74. The zero-order valence-corrected chi connectivity index (χ0v) is 7.19. The summed E-state index contributed by atoms with van der Waals surface area (Å²) in [5.74, 6) is -0.0515. The van der Waals surface area contributed by atoms with Gasteiger partial charge in [-0.2, -0.15) is 0 Å². The van der Waals surface area contributed by atoms with Gasteiger partial charge in [0.1, 0.15) is 5.69 Å². The number of carbonyl (C=O) groups excluding carboxylic acids is 1. The smallest absolute Gasteiger partial charge is 0.205 e. The molecule has 0 aliphatic rings. The maximum atomic E-state index is 11.3. The first-order valence-corrected chi connectivity index (χ1v) is 3.85. The molecule has 0 aliphatic heterocycles. The molecule has 0 aliphatic carbocycles. The maximum Gasteiger partial charge on any atom is 0.205 e. The predicted octanol–water partition coefficient (Wildman–Crippen LogP) is 1.06. The molecule has 1 rings (SSSR count). The first-order chi connectivity index (χ1) is 5.79. The van der Waals surface area contributed by atoms with Crippen LogP contribution in [0.5, 0.6) is 0 Å². The fourth-order valence-electron chi connectivity index (χ4n) is 0.919. The van der Waals surface area contributed by atoms with E-state index in [2.05, 4.69) is 10.3 Å². The van der Waals surface area contributed by atoms with E-state index in [1.54, 1.807) is 17.7 Å². The van der Waals surface area contributed by atoms with Crippen LogP contribution in [0.25, 0.3) is 0 Å². The number of allylic oxidation sites excluding steroid dienone is 2. The summed E-state index contributed by atoms with van der Waals surface area (Å²) < 4.78 is 1.57. The van der Waals surface area contributed by atoms with Crippen molar-refractivity contribution < 1.29 is 4.79 Å². The number of hydrogen-bond donors (Lipinski definition) is 0. The van der Waals surface area contributed by atoms with Crippen molar-refractivity contribution in [2.24, 2.45) is 0 Å². The number of aryl methyl sites for hydroxylation is 1. The van der Waals surface area contributed by atoms with Gasteiger partial charge in [0.25, 0.3) is 0 Å². The highest BCUT2D eigenvalue weighted by atomic mass is 16.1. The summed E-state index contributed by atoms with van der Waals surface area (Å²) >= 11 is 0. The lowest BCUT2D eigenvalue weighted by Gasteiger charge is -1.96. The number of rotatable bonds is 3. The van der Waals surface area contributed by atoms with Crippen LogP contribution in [0.15, 0.2) is 18.3 Å². The van der Waals surface area contributed by atoms with Gasteiger partial charge in [-0.05, 0) is 19.9 Å². The number of ketones is 1. The Morgan fingerprint density at radius 3 is 3.08 bits per heavy atom. The minimum Gasteiger partial charge on any atom is -0.288 e. The summed E-state index contributed by atoms with van der Waals surface area (Å²) in [4.78, 5) is 11.3. The van der Waals surface area contributed by atoms with Crippen LogP contribution in [-0.4, -0.2) is 20.8 Å². The van der Waals surface area contributed by atoms with Crippen LogP contribution in [0, 0.1) is 0 Å². The molecular formula is C8H11N3O. The second-order valence-corrected chi connectivity index (χ2v) is 2.30. The minimum absolute atomic E-state index is 0.0515. The summed E-state index contributed by atoms with van der Waals surface area (Å²) in [6.07, 6.45) is 4.69. The monoisotopic (exact) mass is 165 g/mol. The van der Waals surface area contributed by atoms with Crippen LogP contribution in [0.4, 0.5) is 0 Å². The molecule has 1 aromatic heterocycles. The van der Waals surface area contributed by atoms with Crippen molar-refractivity contribution in [1.82, 2.24) is 15.0 Å². The van der Waals surface area contributed by atoms with E-state index in [1.807, 2.05) is 6.92 Å². The van der Waals surface area contributed by atoms with Crippen molar-refractivity contribution in [2.75, 3.05) is 0 Å². The third-order valence-electron chi connectivity index (χ3n) is 1.49. The minimum atomic E-state index is -0.0515. The van der Waals surface area contributed by atoms with Gasteiger partial charge in [0.15, 0.2) is 0 Å².